The second-order valence-corrected chi connectivity index (χ2v) is 6.02. The van der Waals surface area contributed by atoms with Crippen LogP contribution in [0.25, 0.3) is 11.0 Å². The fraction of sp³-hybridized carbons (Fsp3) is 0.462. The Balaban J connectivity index is 1.96. The number of alkyl halides is 3. The Kier molecular flexibility index (Phi) is 3.20. The van der Waals surface area contributed by atoms with Gasteiger partial charge in [0.05, 0.1) is 21.8 Å². The molecule has 1 aromatic carbocycles. The van der Waals surface area contributed by atoms with Gasteiger partial charge < -0.3 is 4.98 Å². The number of thioether (sulfide) groups is 1. The molecule has 2 heterocycles. The fourth-order valence-corrected chi connectivity index (χ4v) is 3.57. The highest BCUT2D eigenvalue weighted by Gasteiger charge is 2.31. The fourth-order valence-electron chi connectivity index (χ4n) is 2.31. The van der Waals surface area contributed by atoms with Crippen molar-refractivity contribution in [2.45, 2.75) is 30.7 Å². The van der Waals surface area contributed by atoms with Crippen LogP contribution in [0.15, 0.2) is 18.2 Å². The summed E-state index contributed by atoms with van der Waals surface area (Å²) in [5.41, 5.74) is 0.441. The van der Waals surface area contributed by atoms with Crippen molar-refractivity contribution in [3.8, 4) is 0 Å². The maximum Gasteiger partial charge on any atom is 0.416 e. The van der Waals surface area contributed by atoms with Crippen molar-refractivity contribution in [2.75, 3.05) is 5.75 Å². The van der Waals surface area contributed by atoms with Crippen LogP contribution in [0.2, 0.25) is 0 Å². The van der Waals surface area contributed by atoms with Crippen molar-refractivity contribution < 1.29 is 13.2 Å². The van der Waals surface area contributed by atoms with Crippen molar-refractivity contribution in [1.29, 1.82) is 0 Å². The van der Waals surface area contributed by atoms with Gasteiger partial charge in [0.2, 0.25) is 0 Å². The first-order chi connectivity index (χ1) is 9.04. The van der Waals surface area contributed by atoms with Crippen LogP contribution >= 0.6 is 11.8 Å². The van der Waals surface area contributed by atoms with Gasteiger partial charge in [0, 0.05) is 0 Å². The maximum absolute atomic E-state index is 12.6. The first-order valence-corrected chi connectivity index (χ1v) is 7.27. The van der Waals surface area contributed by atoms with Crippen LogP contribution in [0, 0.1) is 0 Å². The van der Waals surface area contributed by atoms with E-state index in [0.29, 0.717) is 11.0 Å². The number of fused-ring (bicyclic) bond motifs is 1. The molecule has 0 amide bonds. The van der Waals surface area contributed by atoms with Crippen LogP contribution in [-0.4, -0.2) is 15.7 Å². The summed E-state index contributed by atoms with van der Waals surface area (Å²) in [7, 11) is 0. The monoisotopic (exact) mass is 286 g/mol. The molecule has 6 heteroatoms. The van der Waals surface area contributed by atoms with Crippen LogP contribution in [0.3, 0.4) is 0 Å². The summed E-state index contributed by atoms with van der Waals surface area (Å²) in [5.74, 6) is 1.90. The van der Waals surface area contributed by atoms with Gasteiger partial charge in [-0.05, 0) is 36.8 Å². The molecule has 19 heavy (non-hydrogen) atoms. The number of imidazole rings is 1. The van der Waals surface area contributed by atoms with Gasteiger partial charge in [0.15, 0.2) is 0 Å². The number of nitrogens with zero attached hydrogens (tertiary/aromatic N) is 1. The van der Waals surface area contributed by atoms with Crippen LogP contribution in [-0.2, 0) is 6.18 Å². The van der Waals surface area contributed by atoms with E-state index in [1.54, 1.807) is 0 Å². The van der Waals surface area contributed by atoms with Gasteiger partial charge in [0.1, 0.15) is 5.82 Å². The highest BCUT2D eigenvalue weighted by molar-refractivity contribution is 7.99. The first kappa shape index (κ1) is 12.8. The largest absolute Gasteiger partial charge is 0.416 e. The van der Waals surface area contributed by atoms with E-state index in [4.69, 9.17) is 0 Å². The van der Waals surface area contributed by atoms with Crippen LogP contribution in [0.4, 0.5) is 13.2 Å². The van der Waals surface area contributed by atoms with Crippen LogP contribution in [0.1, 0.15) is 35.9 Å². The third-order valence-corrected chi connectivity index (χ3v) is 4.70. The number of rotatable bonds is 1. The van der Waals surface area contributed by atoms with Gasteiger partial charge in [-0.25, -0.2) is 4.98 Å². The van der Waals surface area contributed by atoms with Crippen LogP contribution < -0.4 is 0 Å². The standard InChI is InChI=1S/C13H13F3N2S/c14-13(15,16)8-4-5-9-10(7-8)18-12(17-9)11-3-1-2-6-19-11/h4-5,7,11H,1-3,6H2,(H,17,18). The summed E-state index contributed by atoms with van der Waals surface area (Å²) in [4.78, 5) is 7.46. The molecule has 2 aromatic rings. The number of benzene rings is 1. The van der Waals surface area contributed by atoms with E-state index >= 15 is 0 Å². The second kappa shape index (κ2) is 4.74. The quantitative estimate of drug-likeness (QED) is 0.833. The molecule has 102 valence electrons. The summed E-state index contributed by atoms with van der Waals surface area (Å²) in [6.45, 7) is 0. The molecule has 1 unspecified atom stereocenters. The lowest BCUT2D eigenvalue weighted by Crippen LogP contribution is -2.04. The summed E-state index contributed by atoms with van der Waals surface area (Å²) >= 11 is 1.83. The molecule has 1 fully saturated rings. The molecule has 2 nitrogen and oxygen atoms in total. The van der Waals surface area contributed by atoms with E-state index in [0.717, 1.165) is 36.6 Å². The SMILES string of the molecule is FC(F)(F)c1ccc2nc(C3CCCCS3)[nH]c2c1. The number of aromatic nitrogens is 2. The topological polar surface area (TPSA) is 28.7 Å². The molecule has 0 saturated carbocycles. The zero-order valence-corrected chi connectivity index (χ0v) is 10.9. The average Bonchev–Trinajstić information content (AvgIpc) is 2.81. The lowest BCUT2D eigenvalue weighted by molar-refractivity contribution is -0.137. The lowest BCUT2D eigenvalue weighted by Gasteiger charge is -2.18. The van der Waals surface area contributed by atoms with Crippen molar-refractivity contribution >= 4 is 22.8 Å². The predicted molar refractivity (Wildman–Crippen MR) is 70.1 cm³/mol. The number of aromatic amines is 1. The summed E-state index contributed by atoms with van der Waals surface area (Å²) in [6, 6.07) is 3.66. The molecule has 1 aliphatic heterocycles. The normalized spacial score (nSPS) is 20.9. The van der Waals surface area contributed by atoms with E-state index in [1.807, 2.05) is 11.8 Å². The molecular weight excluding hydrogens is 273 g/mol. The van der Waals surface area contributed by atoms with Gasteiger partial charge in [-0.1, -0.05) is 6.42 Å². The molecule has 0 spiro atoms. The minimum absolute atomic E-state index is 0.287. The number of H-pyrrole nitrogens is 1. The molecule has 1 atom stereocenters. The first-order valence-electron chi connectivity index (χ1n) is 6.22. The number of nitrogens with one attached hydrogen (secondary N) is 1. The van der Waals surface area contributed by atoms with E-state index < -0.39 is 11.7 Å². The Bertz CT molecular complexity index is 585. The van der Waals surface area contributed by atoms with Gasteiger partial charge >= 0.3 is 6.18 Å². The van der Waals surface area contributed by atoms with Crippen LogP contribution in [0.5, 0.6) is 0 Å². The van der Waals surface area contributed by atoms with E-state index in [1.165, 1.54) is 12.5 Å². The Morgan fingerprint density at radius 3 is 2.79 bits per heavy atom. The van der Waals surface area contributed by atoms with Gasteiger partial charge in [-0.15, -0.1) is 0 Å². The highest BCUT2D eigenvalue weighted by atomic mass is 32.2. The molecule has 1 N–H and O–H groups in total. The molecule has 1 aliphatic rings. The summed E-state index contributed by atoms with van der Waals surface area (Å²) in [5, 5.41) is 0.287. The van der Waals surface area contributed by atoms with E-state index in [9.17, 15) is 13.2 Å². The minimum atomic E-state index is -4.31. The molecular formula is C13H13F3N2S. The lowest BCUT2D eigenvalue weighted by atomic mass is 10.2. The zero-order valence-electron chi connectivity index (χ0n) is 10.1. The van der Waals surface area contributed by atoms with E-state index in [2.05, 4.69) is 9.97 Å². The zero-order chi connectivity index (χ0) is 13.5. The summed E-state index contributed by atoms with van der Waals surface area (Å²) < 4.78 is 37.9. The maximum atomic E-state index is 12.6. The van der Waals surface area contributed by atoms with Crippen molar-refractivity contribution in [3.63, 3.8) is 0 Å². The third kappa shape index (κ3) is 2.59. The minimum Gasteiger partial charge on any atom is -0.341 e. The number of halogens is 3. The Morgan fingerprint density at radius 2 is 2.11 bits per heavy atom. The van der Waals surface area contributed by atoms with Crippen molar-refractivity contribution in [3.05, 3.63) is 29.6 Å². The molecule has 3 rings (SSSR count). The van der Waals surface area contributed by atoms with Crippen molar-refractivity contribution in [2.24, 2.45) is 0 Å². The molecule has 1 saturated heterocycles. The van der Waals surface area contributed by atoms with Gasteiger partial charge in [-0.2, -0.15) is 24.9 Å². The molecule has 0 radical (unpaired) electrons. The average molecular weight is 286 g/mol. The van der Waals surface area contributed by atoms with Gasteiger partial charge in [-0.3, -0.25) is 0 Å². The second-order valence-electron chi connectivity index (χ2n) is 4.71. The number of hydrogen-bond acceptors (Lipinski definition) is 2. The predicted octanol–water partition coefficient (Wildman–Crippen LogP) is 4.54. The van der Waals surface area contributed by atoms with E-state index in [-0.39, 0.29) is 5.25 Å². The Hall–Kier alpha value is -1.17. The third-order valence-electron chi connectivity index (χ3n) is 3.31. The van der Waals surface area contributed by atoms with Crippen molar-refractivity contribution in [1.82, 2.24) is 9.97 Å². The highest BCUT2D eigenvalue weighted by Crippen LogP contribution is 2.38. The van der Waals surface area contributed by atoms with Gasteiger partial charge in [0.25, 0.3) is 0 Å². The molecule has 0 bridgehead atoms. The summed E-state index contributed by atoms with van der Waals surface area (Å²) in [6.07, 6.45) is -0.905. The molecule has 1 aromatic heterocycles. The Morgan fingerprint density at radius 1 is 1.26 bits per heavy atom. The number of hydrogen-bond donors (Lipinski definition) is 1. The smallest absolute Gasteiger partial charge is 0.341 e. The Labute approximate surface area is 112 Å². The molecule has 0 aliphatic carbocycles.